The number of aliphatic carboxylic acids is 1. The number of hydrogen-bond donors (Lipinski definition) is 1. The van der Waals surface area contributed by atoms with Gasteiger partial charge >= 0.3 is 5.97 Å². The Morgan fingerprint density at radius 2 is 2.21 bits per heavy atom. The predicted molar refractivity (Wildman–Crippen MR) is 73.5 cm³/mol. The van der Waals surface area contributed by atoms with Crippen molar-refractivity contribution in [3.8, 4) is 0 Å². The van der Waals surface area contributed by atoms with Crippen LogP contribution in [0.25, 0.3) is 0 Å². The van der Waals surface area contributed by atoms with Gasteiger partial charge in [0, 0.05) is 24.7 Å². The highest BCUT2D eigenvalue weighted by Gasteiger charge is 2.40. The van der Waals surface area contributed by atoms with E-state index in [-0.39, 0.29) is 12.2 Å². The predicted octanol–water partition coefficient (Wildman–Crippen LogP) is 2.32. The van der Waals surface area contributed by atoms with Crippen molar-refractivity contribution in [2.24, 2.45) is 0 Å². The molecule has 2 rings (SSSR count). The van der Waals surface area contributed by atoms with Crippen LogP contribution in [0.2, 0.25) is 5.02 Å². The maximum Gasteiger partial charge on any atom is 0.329 e. The molecule has 1 aromatic rings. The van der Waals surface area contributed by atoms with Gasteiger partial charge in [-0.2, -0.15) is 0 Å². The number of nitrogens with zero attached hydrogens (tertiary/aromatic N) is 1. The molecule has 19 heavy (non-hydrogen) atoms. The van der Waals surface area contributed by atoms with Gasteiger partial charge in [-0.25, -0.2) is 4.79 Å². The lowest BCUT2D eigenvalue weighted by Crippen LogP contribution is -2.61. The summed E-state index contributed by atoms with van der Waals surface area (Å²) in [7, 11) is 0. The fraction of sp³-hybridized carbons (Fsp3) is 0.500. The third kappa shape index (κ3) is 3.69. The van der Waals surface area contributed by atoms with Crippen molar-refractivity contribution in [3.63, 3.8) is 0 Å². The second-order valence-electron chi connectivity index (χ2n) is 5.37. The molecule has 0 spiro atoms. The average molecular weight is 284 g/mol. The lowest BCUT2D eigenvalue weighted by molar-refractivity contribution is -0.165. The first-order valence-electron chi connectivity index (χ1n) is 6.21. The van der Waals surface area contributed by atoms with Gasteiger partial charge in [0.25, 0.3) is 0 Å². The molecule has 1 N–H and O–H groups in total. The third-order valence-electron chi connectivity index (χ3n) is 3.26. The van der Waals surface area contributed by atoms with E-state index in [0.29, 0.717) is 0 Å². The zero-order valence-corrected chi connectivity index (χ0v) is 11.9. The minimum absolute atomic E-state index is 0.240. The van der Waals surface area contributed by atoms with E-state index in [1.807, 2.05) is 32.0 Å². The van der Waals surface area contributed by atoms with Crippen molar-refractivity contribution < 1.29 is 14.6 Å². The molecule has 1 aliphatic rings. The number of carboxylic acid groups (broad SMARTS) is 1. The summed E-state index contributed by atoms with van der Waals surface area (Å²) in [5.41, 5.74) is 1.88. The van der Waals surface area contributed by atoms with Gasteiger partial charge in [-0.1, -0.05) is 23.7 Å². The van der Waals surface area contributed by atoms with Crippen molar-refractivity contribution in [2.75, 3.05) is 19.7 Å². The Morgan fingerprint density at radius 3 is 2.79 bits per heavy atom. The lowest BCUT2D eigenvalue weighted by Gasteiger charge is -2.47. The highest BCUT2D eigenvalue weighted by Crippen LogP contribution is 2.28. The summed E-state index contributed by atoms with van der Waals surface area (Å²) in [6.45, 7) is 5.93. The van der Waals surface area contributed by atoms with Crippen molar-refractivity contribution in [1.82, 2.24) is 4.90 Å². The molecule has 5 heteroatoms. The van der Waals surface area contributed by atoms with Gasteiger partial charge in [0.15, 0.2) is 0 Å². The molecule has 1 fully saturated rings. The Labute approximate surface area is 117 Å². The van der Waals surface area contributed by atoms with Crippen LogP contribution in [0.5, 0.6) is 0 Å². The molecular formula is C14H18ClNO3. The SMILES string of the molecule is Cc1ccc(CN2CC(C)(OCC(=O)O)C2)c(Cl)c1. The van der Waals surface area contributed by atoms with E-state index in [9.17, 15) is 4.79 Å². The van der Waals surface area contributed by atoms with E-state index in [0.717, 1.165) is 35.8 Å². The summed E-state index contributed by atoms with van der Waals surface area (Å²) >= 11 is 6.19. The Hall–Kier alpha value is -1.10. The first-order valence-corrected chi connectivity index (χ1v) is 6.59. The van der Waals surface area contributed by atoms with E-state index >= 15 is 0 Å². The zero-order chi connectivity index (χ0) is 14.0. The topological polar surface area (TPSA) is 49.8 Å². The molecule has 104 valence electrons. The van der Waals surface area contributed by atoms with Gasteiger partial charge in [-0.15, -0.1) is 0 Å². The minimum atomic E-state index is -0.929. The Balaban J connectivity index is 1.85. The Morgan fingerprint density at radius 1 is 1.53 bits per heavy atom. The molecule has 0 aliphatic carbocycles. The van der Waals surface area contributed by atoms with Crippen LogP contribution in [0, 0.1) is 6.92 Å². The molecule has 0 radical (unpaired) electrons. The van der Waals surface area contributed by atoms with Crippen LogP contribution in [0.15, 0.2) is 18.2 Å². The number of benzene rings is 1. The van der Waals surface area contributed by atoms with Gasteiger partial charge in [0.05, 0.1) is 5.60 Å². The van der Waals surface area contributed by atoms with Gasteiger partial charge in [-0.05, 0) is 31.0 Å². The van der Waals surface area contributed by atoms with Gasteiger partial charge in [0.2, 0.25) is 0 Å². The minimum Gasteiger partial charge on any atom is -0.480 e. The second kappa shape index (κ2) is 5.49. The highest BCUT2D eigenvalue weighted by atomic mass is 35.5. The van der Waals surface area contributed by atoms with E-state index < -0.39 is 5.97 Å². The summed E-state index contributed by atoms with van der Waals surface area (Å²) in [6, 6.07) is 6.03. The van der Waals surface area contributed by atoms with E-state index in [1.54, 1.807) is 0 Å². The van der Waals surface area contributed by atoms with Gasteiger partial charge in [0.1, 0.15) is 6.61 Å². The third-order valence-corrected chi connectivity index (χ3v) is 3.61. The second-order valence-corrected chi connectivity index (χ2v) is 5.78. The van der Waals surface area contributed by atoms with Crippen LogP contribution < -0.4 is 0 Å². The summed E-state index contributed by atoms with van der Waals surface area (Å²) in [5, 5.41) is 9.38. The molecule has 0 amide bonds. The highest BCUT2D eigenvalue weighted by molar-refractivity contribution is 6.31. The number of rotatable bonds is 5. The monoisotopic (exact) mass is 283 g/mol. The number of hydrogen-bond acceptors (Lipinski definition) is 3. The first kappa shape index (κ1) is 14.3. The Kier molecular flexibility index (Phi) is 4.13. The van der Waals surface area contributed by atoms with Crippen molar-refractivity contribution in [2.45, 2.75) is 26.0 Å². The number of carbonyl (C=O) groups is 1. The molecule has 0 atom stereocenters. The number of aryl methyl sites for hydroxylation is 1. The largest absolute Gasteiger partial charge is 0.480 e. The van der Waals surface area contributed by atoms with Crippen LogP contribution >= 0.6 is 11.6 Å². The smallest absolute Gasteiger partial charge is 0.329 e. The van der Waals surface area contributed by atoms with Crippen LogP contribution in [0.3, 0.4) is 0 Å². The molecule has 1 aliphatic heterocycles. The van der Waals surface area contributed by atoms with E-state index in [4.69, 9.17) is 21.4 Å². The molecule has 1 heterocycles. The standard InChI is InChI=1S/C14H18ClNO3/c1-10-3-4-11(12(15)5-10)6-16-8-14(2,9-16)19-7-13(17)18/h3-5H,6-9H2,1-2H3,(H,17,18). The number of carboxylic acids is 1. The molecule has 0 aromatic heterocycles. The molecule has 0 bridgehead atoms. The molecular weight excluding hydrogens is 266 g/mol. The molecule has 4 nitrogen and oxygen atoms in total. The van der Waals surface area contributed by atoms with Gasteiger partial charge in [-0.3, -0.25) is 4.90 Å². The van der Waals surface area contributed by atoms with Crippen molar-refractivity contribution in [3.05, 3.63) is 34.3 Å². The molecule has 1 aromatic carbocycles. The Bertz CT molecular complexity index is 484. The maximum absolute atomic E-state index is 10.5. The van der Waals surface area contributed by atoms with Crippen molar-refractivity contribution in [1.29, 1.82) is 0 Å². The van der Waals surface area contributed by atoms with Crippen LogP contribution in [-0.4, -0.2) is 41.3 Å². The van der Waals surface area contributed by atoms with Gasteiger partial charge < -0.3 is 9.84 Å². The molecule has 0 saturated carbocycles. The lowest BCUT2D eigenvalue weighted by atomic mass is 9.95. The van der Waals surface area contributed by atoms with Crippen LogP contribution in [0.4, 0.5) is 0 Å². The zero-order valence-electron chi connectivity index (χ0n) is 11.1. The summed E-state index contributed by atoms with van der Waals surface area (Å²) in [5.74, 6) is -0.929. The summed E-state index contributed by atoms with van der Waals surface area (Å²) < 4.78 is 5.37. The molecule has 1 saturated heterocycles. The average Bonchev–Trinajstić information content (AvgIpc) is 2.28. The van der Waals surface area contributed by atoms with E-state index in [1.165, 1.54) is 0 Å². The normalized spacial score (nSPS) is 18.1. The van der Waals surface area contributed by atoms with Crippen molar-refractivity contribution >= 4 is 17.6 Å². The molecule has 0 unspecified atom stereocenters. The summed E-state index contributed by atoms with van der Waals surface area (Å²) in [4.78, 5) is 12.7. The maximum atomic E-state index is 10.5. The fourth-order valence-corrected chi connectivity index (χ4v) is 2.66. The number of likely N-dealkylation sites (tertiary alicyclic amines) is 1. The fourth-order valence-electron chi connectivity index (χ4n) is 2.36. The first-order chi connectivity index (χ1) is 8.88. The van der Waals surface area contributed by atoms with E-state index in [2.05, 4.69) is 4.90 Å². The quantitative estimate of drug-likeness (QED) is 0.901. The van der Waals surface area contributed by atoms with Crippen LogP contribution in [-0.2, 0) is 16.1 Å². The van der Waals surface area contributed by atoms with Crippen LogP contribution in [0.1, 0.15) is 18.1 Å². The number of ether oxygens (including phenoxy) is 1. The number of halogens is 1. The summed E-state index contributed by atoms with van der Waals surface area (Å²) in [6.07, 6.45) is 0.